The van der Waals surface area contributed by atoms with Crippen LogP contribution >= 0.6 is 0 Å². The van der Waals surface area contributed by atoms with E-state index in [2.05, 4.69) is 229 Å². The number of allylic oxidation sites excluding steroid dienone is 5. The van der Waals surface area contributed by atoms with Gasteiger partial charge in [-0.05, 0) is 113 Å². The van der Waals surface area contributed by atoms with Crippen LogP contribution in [0, 0.1) is 5.92 Å². The van der Waals surface area contributed by atoms with Crippen LogP contribution in [0.1, 0.15) is 5.56 Å². The molecule has 0 fully saturated rings. The van der Waals surface area contributed by atoms with E-state index in [-0.39, 0.29) is 5.92 Å². The Kier molecular flexibility index (Phi) is 8.01. The normalized spacial score (nSPS) is 14.5. The third kappa shape index (κ3) is 5.72. The third-order valence-electron chi connectivity index (χ3n) is 13.2. The topological polar surface area (TPSA) is 16.4 Å². The van der Waals surface area contributed by atoms with Gasteiger partial charge in [-0.25, -0.2) is 0 Å². The van der Waals surface area contributed by atoms with Gasteiger partial charge in [0.2, 0.25) is 0 Å². The van der Waals surface area contributed by atoms with Crippen molar-refractivity contribution in [2.24, 2.45) is 5.92 Å². The summed E-state index contributed by atoms with van der Waals surface area (Å²) in [4.78, 5) is 2.52. The Morgan fingerprint density at radius 3 is 1.86 bits per heavy atom. The van der Waals surface area contributed by atoms with Gasteiger partial charge in [-0.3, -0.25) is 0 Å². The van der Waals surface area contributed by atoms with E-state index in [1.807, 2.05) is 6.07 Å². The summed E-state index contributed by atoms with van der Waals surface area (Å²) >= 11 is 0. The highest BCUT2D eigenvalue weighted by Crippen LogP contribution is 2.53. The maximum Gasteiger partial charge on any atom is 0.136 e. The summed E-state index contributed by atoms with van der Waals surface area (Å²) in [6.07, 6.45) is 7.09. The monoisotopic (exact) mass is 801 g/mol. The number of hydrogen-bond acceptors (Lipinski definition) is 2. The third-order valence-corrected chi connectivity index (χ3v) is 13.2. The summed E-state index contributed by atoms with van der Waals surface area (Å²) in [7, 11) is 0. The van der Waals surface area contributed by atoms with Gasteiger partial charge in [0, 0.05) is 27.9 Å². The molecule has 294 valence electrons. The van der Waals surface area contributed by atoms with E-state index in [1.165, 1.54) is 77.0 Å². The number of hydrogen-bond donors (Lipinski definition) is 0. The SMILES string of the molecule is C1=CC(N(c2ccc(-c3cccc4oc5ccccc5c34)cc2)c2ccccc2-c2cccc3cccc(-c4ccccc4)c23)=C(c2cccc3c2ccc2ccccc23)[C@H]2C=C12. The molecule has 63 heavy (non-hydrogen) atoms. The van der Waals surface area contributed by atoms with Crippen LogP contribution in [0.25, 0.3) is 93.2 Å². The van der Waals surface area contributed by atoms with Gasteiger partial charge in [-0.1, -0.05) is 194 Å². The standard InChI is InChI=1S/C61H39NO/c1-2-14-39(15-3-1)46-22-10-17-42-18-11-25-52(59(42)46)50-20-6-8-27-55(50)62(44-34-30-41(31-35-44)47-23-13-29-58-61(47)53-21-7-9-28-57(53)63-58)56-37-33-43-38-54(43)60(56)51-26-12-24-48-45-19-5-4-16-40(45)32-36-49(48)51/h1-38,54H/t54-/m0/s1. The van der Waals surface area contributed by atoms with Crippen LogP contribution in [-0.2, 0) is 0 Å². The minimum Gasteiger partial charge on any atom is -0.456 e. The van der Waals surface area contributed by atoms with Crippen LogP contribution in [0.3, 0.4) is 0 Å². The molecular weight excluding hydrogens is 763 g/mol. The van der Waals surface area contributed by atoms with Gasteiger partial charge < -0.3 is 9.32 Å². The summed E-state index contributed by atoms with van der Waals surface area (Å²) in [5.41, 5.74) is 16.3. The Balaban J connectivity index is 1.06. The number of nitrogens with zero attached hydrogens (tertiary/aromatic N) is 1. The zero-order valence-corrected chi connectivity index (χ0v) is 34.4. The van der Waals surface area contributed by atoms with Crippen molar-refractivity contribution in [1.29, 1.82) is 0 Å². The van der Waals surface area contributed by atoms with Crippen LogP contribution in [-0.4, -0.2) is 0 Å². The maximum absolute atomic E-state index is 6.33. The van der Waals surface area contributed by atoms with Crippen LogP contribution in [0.5, 0.6) is 0 Å². The van der Waals surface area contributed by atoms with Crippen molar-refractivity contribution in [2.45, 2.75) is 0 Å². The first-order valence-electron chi connectivity index (χ1n) is 21.8. The number of anilines is 2. The molecule has 0 unspecified atom stereocenters. The van der Waals surface area contributed by atoms with Crippen LogP contribution < -0.4 is 4.90 Å². The van der Waals surface area contributed by atoms with Crippen molar-refractivity contribution in [3.8, 4) is 33.4 Å². The lowest BCUT2D eigenvalue weighted by atomic mass is 9.87. The average molecular weight is 802 g/mol. The molecule has 2 aliphatic carbocycles. The van der Waals surface area contributed by atoms with Gasteiger partial charge in [-0.2, -0.15) is 0 Å². The van der Waals surface area contributed by atoms with Gasteiger partial charge in [0.05, 0.1) is 11.4 Å². The lowest BCUT2D eigenvalue weighted by Gasteiger charge is -2.33. The molecule has 0 saturated heterocycles. The quantitative estimate of drug-likeness (QED) is 0.149. The Morgan fingerprint density at radius 2 is 0.984 bits per heavy atom. The molecule has 0 N–H and O–H groups in total. The lowest BCUT2D eigenvalue weighted by molar-refractivity contribution is 0.669. The van der Waals surface area contributed by atoms with Crippen molar-refractivity contribution in [1.82, 2.24) is 0 Å². The van der Waals surface area contributed by atoms with E-state index in [9.17, 15) is 0 Å². The number of benzene rings is 10. The molecular formula is C61H39NO. The fourth-order valence-electron chi connectivity index (χ4n) is 10.3. The number of para-hydroxylation sites is 2. The number of furan rings is 1. The molecule has 2 aliphatic rings. The molecule has 0 bridgehead atoms. The first kappa shape index (κ1) is 35.5. The smallest absolute Gasteiger partial charge is 0.136 e. The van der Waals surface area contributed by atoms with E-state index < -0.39 is 0 Å². The van der Waals surface area contributed by atoms with E-state index in [1.54, 1.807) is 0 Å². The fourth-order valence-corrected chi connectivity index (χ4v) is 10.3. The van der Waals surface area contributed by atoms with Crippen molar-refractivity contribution in [2.75, 3.05) is 4.90 Å². The zero-order chi connectivity index (χ0) is 41.4. The summed E-state index contributed by atoms with van der Waals surface area (Å²) < 4.78 is 6.33. The van der Waals surface area contributed by atoms with Gasteiger partial charge in [0.15, 0.2) is 0 Å². The molecule has 10 aromatic carbocycles. The van der Waals surface area contributed by atoms with Gasteiger partial charge in [-0.15, -0.1) is 0 Å². The Labute approximate surface area is 365 Å². The lowest BCUT2D eigenvalue weighted by Crippen LogP contribution is -2.20. The molecule has 0 amide bonds. The molecule has 13 rings (SSSR count). The predicted octanol–water partition coefficient (Wildman–Crippen LogP) is 16.7. The van der Waals surface area contributed by atoms with Gasteiger partial charge >= 0.3 is 0 Å². The van der Waals surface area contributed by atoms with E-state index in [0.29, 0.717) is 0 Å². The molecule has 1 heterocycles. The summed E-state index contributed by atoms with van der Waals surface area (Å²) in [5.74, 6) is 0.227. The average Bonchev–Trinajstić information content (AvgIpc) is 4.05. The highest BCUT2D eigenvalue weighted by Gasteiger charge is 2.36. The maximum atomic E-state index is 6.33. The Bertz CT molecular complexity index is 3730. The Hall–Kier alpha value is -8.20. The van der Waals surface area contributed by atoms with Crippen molar-refractivity contribution >= 4 is 71.2 Å². The van der Waals surface area contributed by atoms with Crippen molar-refractivity contribution in [3.05, 3.63) is 247 Å². The van der Waals surface area contributed by atoms with Gasteiger partial charge in [0.25, 0.3) is 0 Å². The van der Waals surface area contributed by atoms with Crippen LogP contribution in [0.15, 0.2) is 246 Å². The summed E-state index contributed by atoms with van der Waals surface area (Å²) in [6, 6.07) is 77.3. The fraction of sp³-hybridized carbons (Fsp3) is 0.0164. The highest BCUT2D eigenvalue weighted by molar-refractivity contribution is 6.14. The molecule has 0 saturated carbocycles. The summed E-state index contributed by atoms with van der Waals surface area (Å²) in [6.45, 7) is 0. The molecule has 11 aromatic rings. The van der Waals surface area contributed by atoms with Crippen LogP contribution in [0.4, 0.5) is 11.4 Å². The Morgan fingerprint density at radius 1 is 0.365 bits per heavy atom. The van der Waals surface area contributed by atoms with E-state index in [0.717, 1.165) is 44.4 Å². The minimum atomic E-state index is 0.227. The highest BCUT2D eigenvalue weighted by atomic mass is 16.3. The molecule has 2 heteroatoms. The second-order valence-electron chi connectivity index (χ2n) is 16.7. The summed E-state index contributed by atoms with van der Waals surface area (Å²) in [5, 5.41) is 9.81. The second-order valence-corrected chi connectivity index (χ2v) is 16.7. The largest absolute Gasteiger partial charge is 0.456 e. The molecule has 0 aliphatic heterocycles. The molecule has 0 spiro atoms. The molecule has 1 aromatic heterocycles. The van der Waals surface area contributed by atoms with Crippen LogP contribution in [0.2, 0.25) is 0 Å². The minimum absolute atomic E-state index is 0.227. The number of fused-ring (bicyclic) bond motifs is 8. The van der Waals surface area contributed by atoms with Crippen molar-refractivity contribution in [3.63, 3.8) is 0 Å². The van der Waals surface area contributed by atoms with Crippen molar-refractivity contribution < 1.29 is 4.42 Å². The molecule has 0 radical (unpaired) electrons. The predicted molar refractivity (Wildman–Crippen MR) is 265 cm³/mol. The van der Waals surface area contributed by atoms with E-state index >= 15 is 0 Å². The number of rotatable bonds is 7. The van der Waals surface area contributed by atoms with Gasteiger partial charge in [0.1, 0.15) is 11.2 Å². The zero-order valence-electron chi connectivity index (χ0n) is 34.4. The van der Waals surface area contributed by atoms with E-state index in [4.69, 9.17) is 4.42 Å². The second kappa shape index (κ2) is 14.2. The first-order chi connectivity index (χ1) is 31.3. The first-order valence-corrected chi connectivity index (χ1v) is 21.8. The molecule has 2 nitrogen and oxygen atoms in total. The molecule has 1 atom stereocenters.